The van der Waals surface area contributed by atoms with Crippen LogP contribution in [0.15, 0.2) is 48.5 Å². The Morgan fingerprint density at radius 2 is 1.70 bits per heavy atom. The summed E-state index contributed by atoms with van der Waals surface area (Å²) in [6.07, 6.45) is 0. The third kappa shape index (κ3) is 6.25. The maximum atomic E-state index is 12.4. The van der Waals surface area contributed by atoms with Crippen molar-refractivity contribution in [2.75, 3.05) is 5.32 Å². The van der Waals surface area contributed by atoms with E-state index in [0.717, 1.165) is 15.8 Å². The number of sulfonamides is 1. The van der Waals surface area contributed by atoms with Crippen molar-refractivity contribution >= 4 is 42.6 Å². The zero-order chi connectivity index (χ0) is 21.7. The molecule has 0 fully saturated rings. The van der Waals surface area contributed by atoms with Gasteiger partial charge in [0, 0.05) is 12.6 Å². The average Bonchev–Trinajstić information content (AvgIpc) is 3.08. The minimum Gasteiger partial charge on any atom is -0.350 e. The molecule has 1 amide bonds. The number of rotatable bonds is 9. The van der Waals surface area contributed by atoms with E-state index in [2.05, 4.69) is 20.3 Å². The molecule has 2 aromatic carbocycles. The topological polar surface area (TPSA) is 100 Å². The molecule has 1 heterocycles. The Hall–Kier alpha value is -2.49. The Kier molecular flexibility index (Phi) is 7.06. The van der Waals surface area contributed by atoms with E-state index in [4.69, 9.17) is 0 Å². The van der Waals surface area contributed by atoms with Crippen LogP contribution < -0.4 is 15.4 Å². The molecule has 0 unspecified atom stereocenters. The summed E-state index contributed by atoms with van der Waals surface area (Å²) in [5.74, 6) is -0.206. The smallest absolute Gasteiger partial charge is 0.242 e. The monoisotopic (exact) mass is 446 g/mol. The maximum Gasteiger partial charge on any atom is 0.242 e. The number of amides is 1. The summed E-state index contributed by atoms with van der Waals surface area (Å²) in [6, 6.07) is 14.4. The van der Waals surface area contributed by atoms with Gasteiger partial charge in [-0.25, -0.2) is 18.1 Å². The van der Waals surface area contributed by atoms with Crippen molar-refractivity contribution in [2.24, 2.45) is 0 Å². The SMILES string of the molecule is CC(C)NS(=O)(=O)Cc1ccc(CNC(=O)[C@H](C)Nc2nc3ccccc3s2)cc1. The van der Waals surface area contributed by atoms with Gasteiger partial charge in [0.25, 0.3) is 0 Å². The summed E-state index contributed by atoms with van der Waals surface area (Å²) in [4.78, 5) is 16.9. The van der Waals surface area contributed by atoms with E-state index in [9.17, 15) is 13.2 Å². The van der Waals surface area contributed by atoms with Gasteiger partial charge in [-0.1, -0.05) is 47.7 Å². The Morgan fingerprint density at radius 3 is 2.37 bits per heavy atom. The first kappa shape index (κ1) is 22.2. The second-order valence-electron chi connectivity index (χ2n) is 7.42. The Labute approximate surface area is 181 Å². The molecule has 9 heteroatoms. The van der Waals surface area contributed by atoms with Crippen LogP contribution in [0.3, 0.4) is 0 Å². The van der Waals surface area contributed by atoms with Crippen molar-refractivity contribution in [3.63, 3.8) is 0 Å². The van der Waals surface area contributed by atoms with Gasteiger partial charge in [0.1, 0.15) is 6.04 Å². The van der Waals surface area contributed by atoms with Crippen LogP contribution in [0.1, 0.15) is 31.9 Å². The maximum absolute atomic E-state index is 12.4. The molecule has 1 atom stereocenters. The number of aromatic nitrogens is 1. The van der Waals surface area contributed by atoms with Crippen molar-refractivity contribution in [3.05, 3.63) is 59.7 Å². The highest BCUT2D eigenvalue weighted by atomic mass is 32.2. The summed E-state index contributed by atoms with van der Waals surface area (Å²) < 4.78 is 27.7. The number of hydrogen-bond acceptors (Lipinski definition) is 6. The molecule has 0 radical (unpaired) electrons. The Bertz CT molecular complexity index is 1080. The van der Waals surface area contributed by atoms with E-state index in [1.807, 2.05) is 36.4 Å². The van der Waals surface area contributed by atoms with Crippen molar-refractivity contribution in [2.45, 2.75) is 45.2 Å². The average molecular weight is 447 g/mol. The number of anilines is 1. The minimum atomic E-state index is -3.36. The molecule has 3 rings (SSSR count). The summed E-state index contributed by atoms with van der Waals surface area (Å²) in [5.41, 5.74) is 2.50. The van der Waals surface area contributed by atoms with Crippen LogP contribution in [-0.4, -0.2) is 31.4 Å². The van der Waals surface area contributed by atoms with Crippen LogP contribution in [0, 0.1) is 0 Å². The fourth-order valence-corrected chi connectivity index (χ4v) is 5.29. The second-order valence-corrected chi connectivity index (χ2v) is 10.2. The van der Waals surface area contributed by atoms with E-state index >= 15 is 0 Å². The van der Waals surface area contributed by atoms with Crippen molar-refractivity contribution in [1.82, 2.24) is 15.0 Å². The summed E-state index contributed by atoms with van der Waals surface area (Å²) in [6.45, 7) is 5.73. The number of nitrogens with zero attached hydrogens (tertiary/aromatic N) is 1. The fraction of sp³-hybridized carbons (Fsp3) is 0.333. The lowest BCUT2D eigenvalue weighted by Crippen LogP contribution is -2.37. The molecule has 0 saturated carbocycles. The first-order valence-corrected chi connectivity index (χ1v) is 12.2. The number of nitrogens with one attached hydrogen (secondary N) is 3. The molecule has 0 aliphatic carbocycles. The van der Waals surface area contributed by atoms with Gasteiger partial charge in [-0.2, -0.15) is 0 Å². The van der Waals surface area contributed by atoms with Crippen molar-refractivity contribution in [1.29, 1.82) is 0 Å². The third-order valence-electron chi connectivity index (χ3n) is 4.29. The number of carbonyl (C=O) groups excluding carboxylic acids is 1. The molecule has 7 nitrogen and oxygen atoms in total. The molecular formula is C21H26N4O3S2. The number of carbonyl (C=O) groups is 1. The Balaban J connectivity index is 1.51. The Morgan fingerprint density at radius 1 is 1.03 bits per heavy atom. The number of benzene rings is 2. The van der Waals surface area contributed by atoms with Crippen molar-refractivity contribution in [3.8, 4) is 0 Å². The highest BCUT2D eigenvalue weighted by molar-refractivity contribution is 7.88. The molecule has 0 aliphatic heterocycles. The van der Waals surface area contributed by atoms with E-state index < -0.39 is 16.1 Å². The quantitative estimate of drug-likeness (QED) is 0.469. The molecule has 0 aliphatic rings. The summed E-state index contributed by atoms with van der Waals surface area (Å²) >= 11 is 1.51. The van der Waals surface area contributed by atoms with Gasteiger partial charge in [0.2, 0.25) is 15.9 Å². The van der Waals surface area contributed by atoms with Crippen LogP contribution in [0.2, 0.25) is 0 Å². The molecule has 0 bridgehead atoms. The lowest BCUT2D eigenvalue weighted by molar-refractivity contribution is -0.121. The number of thiazole rings is 1. The zero-order valence-electron chi connectivity index (χ0n) is 17.2. The van der Waals surface area contributed by atoms with Gasteiger partial charge in [0.05, 0.1) is 16.0 Å². The molecule has 0 spiro atoms. The third-order valence-corrected chi connectivity index (χ3v) is 6.80. The van der Waals surface area contributed by atoms with E-state index in [1.165, 1.54) is 11.3 Å². The van der Waals surface area contributed by atoms with E-state index in [-0.39, 0.29) is 17.7 Å². The minimum absolute atomic E-state index is 0.0685. The molecule has 160 valence electrons. The van der Waals surface area contributed by atoms with Gasteiger partial charge in [-0.3, -0.25) is 4.79 Å². The second kappa shape index (κ2) is 9.55. The lowest BCUT2D eigenvalue weighted by atomic mass is 10.1. The first-order chi connectivity index (χ1) is 14.2. The van der Waals surface area contributed by atoms with E-state index in [1.54, 1.807) is 32.9 Å². The first-order valence-electron chi connectivity index (χ1n) is 9.69. The van der Waals surface area contributed by atoms with Gasteiger partial charge < -0.3 is 10.6 Å². The van der Waals surface area contributed by atoms with Gasteiger partial charge >= 0.3 is 0 Å². The molecule has 0 saturated heterocycles. The van der Waals surface area contributed by atoms with Crippen LogP contribution in [0.25, 0.3) is 10.2 Å². The zero-order valence-corrected chi connectivity index (χ0v) is 18.8. The van der Waals surface area contributed by atoms with E-state index in [0.29, 0.717) is 17.2 Å². The molecule has 3 aromatic rings. The number of hydrogen-bond donors (Lipinski definition) is 3. The van der Waals surface area contributed by atoms with Gasteiger partial charge in [-0.15, -0.1) is 0 Å². The lowest BCUT2D eigenvalue weighted by Gasteiger charge is -2.13. The predicted octanol–water partition coefficient (Wildman–Crippen LogP) is 3.24. The van der Waals surface area contributed by atoms with Crippen LogP contribution in [-0.2, 0) is 27.1 Å². The summed E-state index contributed by atoms with van der Waals surface area (Å²) in [7, 11) is -3.36. The number of fused-ring (bicyclic) bond motifs is 1. The molecule has 3 N–H and O–H groups in total. The van der Waals surface area contributed by atoms with Gasteiger partial charge in [0.15, 0.2) is 5.13 Å². The number of para-hydroxylation sites is 1. The highest BCUT2D eigenvalue weighted by Crippen LogP contribution is 2.25. The summed E-state index contributed by atoms with van der Waals surface area (Å²) in [5, 5.41) is 6.74. The molecular weight excluding hydrogens is 420 g/mol. The van der Waals surface area contributed by atoms with Crippen LogP contribution >= 0.6 is 11.3 Å². The predicted molar refractivity (Wildman–Crippen MR) is 122 cm³/mol. The van der Waals surface area contributed by atoms with Crippen LogP contribution in [0.4, 0.5) is 5.13 Å². The van der Waals surface area contributed by atoms with Crippen molar-refractivity contribution < 1.29 is 13.2 Å². The van der Waals surface area contributed by atoms with Gasteiger partial charge in [-0.05, 0) is 44.0 Å². The van der Waals surface area contributed by atoms with Crippen LogP contribution in [0.5, 0.6) is 0 Å². The fourth-order valence-electron chi connectivity index (χ4n) is 2.90. The largest absolute Gasteiger partial charge is 0.350 e. The standard InChI is InChI=1S/C21H26N4O3S2/c1-14(2)25-30(27,28)13-17-10-8-16(9-11-17)12-22-20(26)15(3)23-21-24-18-6-4-5-7-19(18)29-21/h4-11,14-15,25H,12-13H2,1-3H3,(H,22,26)(H,23,24)/t15-/m0/s1. The molecule has 30 heavy (non-hydrogen) atoms. The normalized spacial score (nSPS) is 12.8. The molecule has 1 aromatic heterocycles. The highest BCUT2D eigenvalue weighted by Gasteiger charge is 2.15.